The average Bonchev–Trinajstić information content (AvgIpc) is 3.49. The van der Waals surface area contributed by atoms with E-state index in [1.54, 1.807) is 24.3 Å². The van der Waals surface area contributed by atoms with Crippen LogP contribution in [0.1, 0.15) is 23.7 Å². The highest BCUT2D eigenvalue weighted by Crippen LogP contribution is 2.59. The molecule has 3 fully saturated rings. The van der Waals surface area contributed by atoms with E-state index in [1.165, 1.54) is 29.2 Å². The number of nitrogens with zero attached hydrogens (tertiary/aromatic N) is 1. The zero-order valence-electron chi connectivity index (χ0n) is 19.4. The normalized spacial score (nSPS) is 28.2. The molecule has 0 radical (unpaired) electrons. The molecule has 0 unspecified atom stereocenters. The lowest BCUT2D eigenvalue weighted by molar-refractivity contribution is -0.123. The summed E-state index contributed by atoms with van der Waals surface area (Å²) >= 11 is 12.8. The maximum absolute atomic E-state index is 13.1. The molecule has 6 atom stereocenters. The third-order valence-electron chi connectivity index (χ3n) is 7.13. The van der Waals surface area contributed by atoms with Crippen molar-refractivity contribution in [3.63, 3.8) is 0 Å². The molecular weight excluding hydrogens is 507 g/mol. The number of esters is 1. The fourth-order valence-corrected chi connectivity index (χ4v) is 6.46. The lowest BCUT2D eigenvalue weighted by atomic mass is 9.80. The quantitative estimate of drug-likeness (QED) is 0.331. The van der Waals surface area contributed by atoms with E-state index in [0.29, 0.717) is 30.2 Å². The van der Waals surface area contributed by atoms with Gasteiger partial charge in [0.25, 0.3) is 5.91 Å². The molecule has 3 aliphatic rings. The minimum atomic E-state index is -0.702. The summed E-state index contributed by atoms with van der Waals surface area (Å²) in [5.41, 5.74) is 1.11. The topological polar surface area (TPSA) is 102 Å². The third-order valence-corrected chi connectivity index (χ3v) is 8.45. The first kappa shape index (κ1) is 24.6. The molecule has 0 aromatic heterocycles. The molecule has 188 valence electrons. The Balaban J connectivity index is 1.18. The molecule has 2 aromatic carbocycles. The monoisotopic (exact) mass is 530 g/mol. The minimum Gasteiger partial charge on any atom is -0.494 e. The van der Waals surface area contributed by atoms with Crippen molar-refractivity contribution in [2.45, 2.75) is 24.1 Å². The van der Waals surface area contributed by atoms with Crippen molar-refractivity contribution in [3.05, 3.63) is 54.1 Å². The number of rotatable bonds is 7. The zero-order valence-corrected chi connectivity index (χ0v) is 20.9. The fourth-order valence-electron chi connectivity index (χ4n) is 5.56. The molecule has 10 heteroatoms. The zero-order chi connectivity index (χ0) is 25.6. The van der Waals surface area contributed by atoms with E-state index in [1.807, 2.05) is 6.92 Å². The van der Waals surface area contributed by atoms with Gasteiger partial charge in [-0.3, -0.25) is 19.3 Å². The van der Waals surface area contributed by atoms with Gasteiger partial charge in [0.2, 0.25) is 11.8 Å². The SMILES string of the molecule is CCOc1ccc(NC(=O)COC(=O)c2ccc(N3C(=O)[C@@H]4[C@H]5C[C@@H]([C@H](Cl)[C@H]5Cl)[C@@H]4C3=O)cc2)cc1. The van der Waals surface area contributed by atoms with Gasteiger partial charge in [0, 0.05) is 5.69 Å². The van der Waals surface area contributed by atoms with Crippen LogP contribution in [0.2, 0.25) is 0 Å². The van der Waals surface area contributed by atoms with Crippen molar-refractivity contribution >= 4 is 58.3 Å². The molecule has 36 heavy (non-hydrogen) atoms. The lowest BCUT2D eigenvalue weighted by Crippen LogP contribution is -2.37. The van der Waals surface area contributed by atoms with E-state index in [9.17, 15) is 19.2 Å². The Hall–Kier alpha value is -3.10. The maximum Gasteiger partial charge on any atom is 0.338 e. The van der Waals surface area contributed by atoms with Crippen LogP contribution in [0.15, 0.2) is 48.5 Å². The Morgan fingerprint density at radius 3 is 2.08 bits per heavy atom. The molecule has 1 aliphatic heterocycles. The number of fused-ring (bicyclic) bond motifs is 5. The number of amides is 3. The van der Waals surface area contributed by atoms with E-state index >= 15 is 0 Å². The Kier molecular flexibility index (Phi) is 6.66. The van der Waals surface area contributed by atoms with Crippen LogP contribution in [0.4, 0.5) is 11.4 Å². The maximum atomic E-state index is 13.1. The highest BCUT2D eigenvalue weighted by Gasteiger charge is 2.66. The van der Waals surface area contributed by atoms with Gasteiger partial charge in [0.05, 0.1) is 40.4 Å². The molecule has 8 nitrogen and oxygen atoms in total. The van der Waals surface area contributed by atoms with Crippen molar-refractivity contribution < 1.29 is 28.7 Å². The van der Waals surface area contributed by atoms with Crippen LogP contribution in [-0.4, -0.2) is 47.7 Å². The minimum absolute atomic E-state index is 0.103. The van der Waals surface area contributed by atoms with Gasteiger partial charge in [-0.05, 0) is 73.7 Å². The van der Waals surface area contributed by atoms with Crippen molar-refractivity contribution in [1.29, 1.82) is 0 Å². The lowest BCUT2D eigenvalue weighted by Gasteiger charge is -2.28. The van der Waals surface area contributed by atoms with Gasteiger partial charge in [-0.15, -0.1) is 23.2 Å². The number of nitrogens with one attached hydrogen (secondary N) is 1. The fraction of sp³-hybridized carbons (Fsp3) is 0.385. The molecule has 0 spiro atoms. The van der Waals surface area contributed by atoms with Crippen LogP contribution in [0.25, 0.3) is 0 Å². The number of alkyl halides is 2. The van der Waals surface area contributed by atoms with Gasteiger partial charge in [0.15, 0.2) is 6.61 Å². The second-order valence-electron chi connectivity index (χ2n) is 9.14. The second-order valence-corrected chi connectivity index (χ2v) is 10.2. The van der Waals surface area contributed by atoms with Crippen LogP contribution >= 0.6 is 23.2 Å². The van der Waals surface area contributed by atoms with Crippen molar-refractivity contribution in [2.75, 3.05) is 23.4 Å². The summed E-state index contributed by atoms with van der Waals surface area (Å²) in [6.07, 6.45) is 0.694. The highest BCUT2D eigenvalue weighted by molar-refractivity contribution is 6.32. The van der Waals surface area contributed by atoms with E-state index in [0.717, 1.165) is 0 Å². The van der Waals surface area contributed by atoms with Crippen molar-refractivity contribution in [3.8, 4) is 5.75 Å². The number of carbonyl (C=O) groups is 4. The van der Waals surface area contributed by atoms with Crippen LogP contribution in [0.5, 0.6) is 5.75 Å². The summed E-state index contributed by atoms with van der Waals surface area (Å²) in [6, 6.07) is 12.8. The first-order valence-corrected chi connectivity index (χ1v) is 12.6. The summed E-state index contributed by atoms with van der Waals surface area (Å²) in [5.74, 6) is -2.15. The Morgan fingerprint density at radius 2 is 1.53 bits per heavy atom. The molecule has 1 heterocycles. The Bertz CT molecular complexity index is 1170. The van der Waals surface area contributed by atoms with Crippen molar-refractivity contribution in [1.82, 2.24) is 0 Å². The molecule has 2 bridgehead atoms. The van der Waals surface area contributed by atoms with E-state index in [2.05, 4.69) is 5.32 Å². The molecular formula is C26H24Cl2N2O6. The van der Waals surface area contributed by atoms with E-state index in [4.69, 9.17) is 32.7 Å². The number of anilines is 2. The molecule has 1 N–H and O–H groups in total. The van der Waals surface area contributed by atoms with E-state index < -0.39 is 30.3 Å². The average molecular weight is 531 g/mol. The first-order valence-electron chi connectivity index (χ1n) is 11.8. The molecule has 5 rings (SSSR count). The molecule has 1 saturated heterocycles. The number of imide groups is 1. The Morgan fingerprint density at radius 1 is 0.944 bits per heavy atom. The van der Waals surface area contributed by atoms with Gasteiger partial charge < -0.3 is 14.8 Å². The first-order chi connectivity index (χ1) is 17.3. The third kappa shape index (κ3) is 4.22. The van der Waals surface area contributed by atoms with Gasteiger partial charge in [-0.2, -0.15) is 0 Å². The Labute approximate surface area is 217 Å². The molecule has 3 amide bonds. The smallest absolute Gasteiger partial charge is 0.338 e. The van der Waals surface area contributed by atoms with Gasteiger partial charge in [0.1, 0.15) is 5.75 Å². The summed E-state index contributed by atoms with van der Waals surface area (Å²) in [7, 11) is 0. The number of hydrogen-bond acceptors (Lipinski definition) is 6. The summed E-state index contributed by atoms with van der Waals surface area (Å²) < 4.78 is 10.5. The predicted octanol–water partition coefficient (Wildman–Crippen LogP) is 3.85. The number of halogens is 2. The van der Waals surface area contributed by atoms with Crippen molar-refractivity contribution in [2.24, 2.45) is 23.7 Å². The van der Waals surface area contributed by atoms with Crippen LogP contribution in [0.3, 0.4) is 0 Å². The van der Waals surface area contributed by atoms with E-state index in [-0.39, 0.29) is 40.0 Å². The summed E-state index contributed by atoms with van der Waals surface area (Å²) in [6.45, 7) is 1.95. The standard InChI is InChI=1S/C26H24Cl2N2O6/c1-2-35-16-9-5-14(6-10-16)29-19(31)12-36-26(34)13-3-7-15(8-4-13)30-24(32)20-17-11-18(21(20)25(30)33)23(28)22(17)27/h3-10,17-18,20-23H,2,11-12H2,1H3,(H,29,31)/t17-,18-,20-,21+,22+,23+/m1/s1. The van der Waals surface area contributed by atoms with Gasteiger partial charge >= 0.3 is 5.97 Å². The largest absolute Gasteiger partial charge is 0.494 e. The number of carbonyl (C=O) groups excluding carboxylic acids is 4. The van der Waals surface area contributed by atoms with Crippen LogP contribution in [0, 0.1) is 23.7 Å². The van der Waals surface area contributed by atoms with Gasteiger partial charge in [-0.25, -0.2) is 4.79 Å². The summed E-state index contributed by atoms with van der Waals surface area (Å²) in [5, 5.41) is 2.00. The number of ether oxygens (including phenoxy) is 2. The van der Waals surface area contributed by atoms with Crippen LogP contribution < -0.4 is 15.0 Å². The number of benzene rings is 2. The van der Waals surface area contributed by atoms with Gasteiger partial charge in [-0.1, -0.05) is 0 Å². The molecule has 2 saturated carbocycles. The predicted molar refractivity (Wildman–Crippen MR) is 133 cm³/mol. The number of hydrogen-bond donors (Lipinski definition) is 1. The summed E-state index contributed by atoms with van der Waals surface area (Å²) in [4.78, 5) is 51.9. The molecule has 2 aliphatic carbocycles. The molecule has 2 aromatic rings. The van der Waals surface area contributed by atoms with Crippen LogP contribution in [-0.2, 0) is 19.1 Å². The second kappa shape index (κ2) is 9.75. The highest BCUT2D eigenvalue weighted by atomic mass is 35.5.